The molecule has 114 valence electrons. The fourth-order valence-electron chi connectivity index (χ4n) is 2.74. The van der Waals surface area contributed by atoms with E-state index in [1.54, 1.807) is 0 Å². The molecule has 1 rings (SSSR count). The lowest BCUT2D eigenvalue weighted by atomic mass is 9.94. The Morgan fingerprint density at radius 2 is 1.70 bits per heavy atom. The lowest BCUT2D eigenvalue weighted by Crippen LogP contribution is -2.21. The summed E-state index contributed by atoms with van der Waals surface area (Å²) in [7, 11) is 0. The lowest BCUT2D eigenvalue weighted by Gasteiger charge is -2.21. The molecule has 1 aromatic rings. The molecule has 0 bridgehead atoms. The van der Waals surface area contributed by atoms with Gasteiger partial charge in [-0.1, -0.05) is 67.9 Å². The fourth-order valence-corrected chi connectivity index (χ4v) is 3.20. The summed E-state index contributed by atoms with van der Waals surface area (Å²) in [5.41, 5.74) is 4.20. The van der Waals surface area contributed by atoms with Crippen LogP contribution in [0.4, 0.5) is 0 Å². The zero-order valence-electron chi connectivity index (χ0n) is 13.6. The van der Waals surface area contributed by atoms with E-state index in [2.05, 4.69) is 61.1 Å². The molecule has 0 saturated carbocycles. The predicted octanol–water partition coefficient (Wildman–Crippen LogP) is 6.08. The Kier molecular flexibility index (Phi) is 8.47. The molecule has 20 heavy (non-hydrogen) atoms. The molecule has 0 amide bonds. The summed E-state index contributed by atoms with van der Waals surface area (Å²) in [6.45, 7) is 9.91. The zero-order chi connectivity index (χ0) is 15.0. The first kappa shape index (κ1) is 17.7. The minimum absolute atomic E-state index is 0.508. The van der Waals surface area contributed by atoms with Gasteiger partial charge in [0.05, 0.1) is 0 Å². The topological polar surface area (TPSA) is 12.0 Å². The molecule has 0 saturated heterocycles. The highest BCUT2D eigenvalue weighted by Gasteiger charge is 2.13. The summed E-state index contributed by atoms with van der Waals surface area (Å²) < 4.78 is 1.22. The third kappa shape index (κ3) is 5.57. The zero-order valence-corrected chi connectivity index (χ0v) is 15.1. The minimum Gasteiger partial charge on any atom is -0.310 e. The van der Waals surface area contributed by atoms with Crippen molar-refractivity contribution >= 4 is 15.9 Å². The van der Waals surface area contributed by atoms with Gasteiger partial charge in [0, 0.05) is 10.5 Å². The number of unbranched alkanes of at least 4 members (excludes halogenated alkanes) is 4. The molecule has 0 aliphatic rings. The Morgan fingerprint density at radius 3 is 2.35 bits per heavy atom. The Hall–Kier alpha value is -0.340. The van der Waals surface area contributed by atoms with Crippen LogP contribution >= 0.6 is 15.9 Å². The van der Waals surface area contributed by atoms with Gasteiger partial charge in [0.2, 0.25) is 0 Å². The van der Waals surface area contributed by atoms with Gasteiger partial charge in [-0.15, -0.1) is 0 Å². The van der Waals surface area contributed by atoms with Crippen LogP contribution in [0, 0.1) is 13.8 Å². The maximum Gasteiger partial charge on any atom is 0.0322 e. The summed E-state index contributed by atoms with van der Waals surface area (Å²) in [4.78, 5) is 0. The first-order valence-corrected chi connectivity index (χ1v) is 8.89. The highest BCUT2D eigenvalue weighted by atomic mass is 79.9. The Bertz CT molecular complexity index is 401. The van der Waals surface area contributed by atoms with E-state index >= 15 is 0 Å². The smallest absolute Gasteiger partial charge is 0.0322 e. The predicted molar refractivity (Wildman–Crippen MR) is 93.4 cm³/mol. The number of nitrogens with one attached hydrogen (secondary N) is 1. The monoisotopic (exact) mass is 339 g/mol. The van der Waals surface area contributed by atoms with Gasteiger partial charge >= 0.3 is 0 Å². The van der Waals surface area contributed by atoms with Crippen molar-refractivity contribution in [2.24, 2.45) is 0 Å². The van der Waals surface area contributed by atoms with E-state index in [4.69, 9.17) is 0 Å². The number of hydrogen-bond acceptors (Lipinski definition) is 1. The van der Waals surface area contributed by atoms with E-state index in [-0.39, 0.29) is 0 Å². The normalized spacial score (nSPS) is 12.7. The second-order valence-corrected chi connectivity index (χ2v) is 6.63. The molecule has 2 heteroatoms. The second kappa shape index (κ2) is 9.57. The standard InChI is InChI=1S/C18H30BrN/c1-5-7-8-9-10-11-18(20-6-2)16-12-15(4)17(19)13-14(16)3/h12-13,18,20H,5-11H2,1-4H3. The van der Waals surface area contributed by atoms with Crippen LogP contribution in [-0.4, -0.2) is 6.54 Å². The average Bonchev–Trinajstić information content (AvgIpc) is 2.41. The van der Waals surface area contributed by atoms with Gasteiger partial charge in [0.15, 0.2) is 0 Å². The Morgan fingerprint density at radius 1 is 1.00 bits per heavy atom. The van der Waals surface area contributed by atoms with E-state index in [1.807, 2.05) is 0 Å². The SMILES string of the molecule is CCCCCCCC(NCC)c1cc(C)c(Br)cc1C. The molecule has 0 aliphatic carbocycles. The molecule has 0 radical (unpaired) electrons. The van der Waals surface area contributed by atoms with Crippen molar-refractivity contribution in [2.75, 3.05) is 6.54 Å². The average molecular weight is 340 g/mol. The van der Waals surface area contributed by atoms with Gasteiger partial charge in [0.25, 0.3) is 0 Å². The number of benzene rings is 1. The molecule has 0 fully saturated rings. The molecular weight excluding hydrogens is 310 g/mol. The summed E-state index contributed by atoms with van der Waals surface area (Å²) in [6.07, 6.45) is 8.02. The van der Waals surface area contributed by atoms with Crippen molar-refractivity contribution in [1.29, 1.82) is 0 Å². The Labute approximate surface area is 133 Å². The lowest BCUT2D eigenvalue weighted by molar-refractivity contribution is 0.477. The van der Waals surface area contributed by atoms with Crippen molar-refractivity contribution in [3.63, 3.8) is 0 Å². The van der Waals surface area contributed by atoms with Gasteiger partial charge in [-0.3, -0.25) is 0 Å². The summed E-state index contributed by atoms with van der Waals surface area (Å²) >= 11 is 3.63. The molecule has 1 N–H and O–H groups in total. The van der Waals surface area contributed by atoms with Gasteiger partial charge in [-0.2, -0.15) is 0 Å². The van der Waals surface area contributed by atoms with E-state index in [0.717, 1.165) is 6.54 Å². The van der Waals surface area contributed by atoms with Gasteiger partial charge in [-0.05, 0) is 49.6 Å². The summed E-state index contributed by atoms with van der Waals surface area (Å²) in [6, 6.07) is 5.11. The minimum atomic E-state index is 0.508. The van der Waals surface area contributed by atoms with E-state index in [0.29, 0.717) is 6.04 Å². The van der Waals surface area contributed by atoms with Crippen molar-refractivity contribution in [3.8, 4) is 0 Å². The molecule has 1 unspecified atom stereocenters. The highest BCUT2D eigenvalue weighted by molar-refractivity contribution is 9.10. The summed E-state index contributed by atoms with van der Waals surface area (Å²) in [5, 5.41) is 3.66. The van der Waals surface area contributed by atoms with E-state index in [9.17, 15) is 0 Å². The maximum atomic E-state index is 3.66. The quantitative estimate of drug-likeness (QED) is 0.537. The molecule has 1 atom stereocenters. The first-order chi connectivity index (χ1) is 9.60. The van der Waals surface area contributed by atoms with Gasteiger partial charge in [-0.25, -0.2) is 0 Å². The molecule has 1 aromatic carbocycles. The number of rotatable bonds is 9. The van der Waals surface area contributed by atoms with Crippen LogP contribution in [-0.2, 0) is 0 Å². The largest absolute Gasteiger partial charge is 0.310 e. The van der Waals surface area contributed by atoms with Crippen LogP contribution in [0.1, 0.15) is 75.1 Å². The van der Waals surface area contributed by atoms with E-state index < -0.39 is 0 Å². The highest BCUT2D eigenvalue weighted by Crippen LogP contribution is 2.28. The van der Waals surface area contributed by atoms with Crippen LogP contribution in [0.2, 0.25) is 0 Å². The van der Waals surface area contributed by atoms with Crippen LogP contribution in [0.5, 0.6) is 0 Å². The molecular formula is C18H30BrN. The van der Waals surface area contributed by atoms with Gasteiger partial charge in [0.1, 0.15) is 0 Å². The molecule has 1 nitrogen and oxygen atoms in total. The molecule has 0 heterocycles. The molecule has 0 aliphatic heterocycles. The number of halogens is 1. The van der Waals surface area contributed by atoms with Crippen molar-refractivity contribution in [2.45, 2.75) is 72.3 Å². The molecule has 0 aromatic heterocycles. The van der Waals surface area contributed by atoms with Crippen LogP contribution in [0.15, 0.2) is 16.6 Å². The fraction of sp³-hybridized carbons (Fsp3) is 0.667. The third-order valence-electron chi connectivity index (χ3n) is 3.97. The third-order valence-corrected chi connectivity index (χ3v) is 4.82. The van der Waals surface area contributed by atoms with E-state index in [1.165, 1.54) is 59.7 Å². The Balaban J connectivity index is 2.67. The van der Waals surface area contributed by atoms with Gasteiger partial charge < -0.3 is 5.32 Å². The van der Waals surface area contributed by atoms with Crippen LogP contribution in [0.25, 0.3) is 0 Å². The van der Waals surface area contributed by atoms with Crippen LogP contribution < -0.4 is 5.32 Å². The molecule has 0 spiro atoms. The maximum absolute atomic E-state index is 3.66. The van der Waals surface area contributed by atoms with Crippen molar-refractivity contribution in [1.82, 2.24) is 5.32 Å². The van der Waals surface area contributed by atoms with Crippen molar-refractivity contribution in [3.05, 3.63) is 33.3 Å². The second-order valence-electron chi connectivity index (χ2n) is 5.77. The number of hydrogen-bond donors (Lipinski definition) is 1. The number of aryl methyl sites for hydroxylation is 2. The summed E-state index contributed by atoms with van der Waals surface area (Å²) in [5.74, 6) is 0. The van der Waals surface area contributed by atoms with Crippen LogP contribution in [0.3, 0.4) is 0 Å². The first-order valence-electron chi connectivity index (χ1n) is 8.10. The van der Waals surface area contributed by atoms with Crippen molar-refractivity contribution < 1.29 is 0 Å².